The van der Waals surface area contributed by atoms with Crippen LogP contribution in [0, 0.1) is 5.82 Å². The van der Waals surface area contributed by atoms with Crippen LogP contribution in [0.1, 0.15) is 20.3 Å². The fourth-order valence-electron chi connectivity index (χ4n) is 1.85. The summed E-state index contributed by atoms with van der Waals surface area (Å²) < 4.78 is 18.3. The third kappa shape index (κ3) is 3.94. The average molecular weight is 283 g/mol. The second-order valence-corrected chi connectivity index (χ2v) is 4.43. The maximum Gasteiger partial charge on any atom is 0.326 e. The summed E-state index contributed by atoms with van der Waals surface area (Å²) in [5.74, 6) is -1.78. The van der Waals surface area contributed by atoms with Gasteiger partial charge in [0.25, 0.3) is 5.91 Å². The summed E-state index contributed by atoms with van der Waals surface area (Å²) in [6.45, 7) is 3.18. The molecule has 0 fully saturated rings. The highest BCUT2D eigenvalue weighted by Crippen LogP contribution is 2.15. The molecule has 1 aromatic carbocycles. The fraction of sp³-hybridized carbons (Fsp3) is 0.429. The highest BCUT2D eigenvalue weighted by Gasteiger charge is 2.28. The number of ether oxygens (including phenoxy) is 1. The van der Waals surface area contributed by atoms with Crippen LogP contribution >= 0.6 is 0 Å². The van der Waals surface area contributed by atoms with Gasteiger partial charge in [0.05, 0.1) is 0 Å². The largest absolute Gasteiger partial charge is 0.481 e. The molecule has 1 aromatic rings. The molecular formula is C14H18FNO4. The first-order valence-electron chi connectivity index (χ1n) is 6.28. The first-order chi connectivity index (χ1) is 9.36. The Hall–Kier alpha value is -2.11. The highest BCUT2D eigenvalue weighted by atomic mass is 19.1. The molecule has 0 saturated heterocycles. The van der Waals surface area contributed by atoms with Crippen molar-refractivity contribution >= 4 is 11.9 Å². The standard InChI is InChI=1S/C14H18FNO4/c1-4-12(14(18)19)16(3)13(17)9(2)20-11-7-5-6-10(15)8-11/h5-9,12H,4H2,1-3H3,(H,18,19). The number of amides is 1. The van der Waals surface area contributed by atoms with Crippen LogP contribution < -0.4 is 4.74 Å². The molecule has 5 nitrogen and oxygen atoms in total. The first kappa shape index (κ1) is 15.9. The Balaban J connectivity index is 2.73. The Bertz CT molecular complexity index is 492. The van der Waals surface area contributed by atoms with E-state index >= 15 is 0 Å². The van der Waals surface area contributed by atoms with Gasteiger partial charge in [-0.05, 0) is 25.5 Å². The molecule has 0 aliphatic carbocycles. The lowest BCUT2D eigenvalue weighted by Crippen LogP contribution is -2.47. The summed E-state index contributed by atoms with van der Waals surface area (Å²) in [5.41, 5.74) is 0. The molecule has 0 aromatic heterocycles. The van der Waals surface area contributed by atoms with E-state index in [2.05, 4.69) is 0 Å². The number of rotatable bonds is 6. The van der Waals surface area contributed by atoms with Gasteiger partial charge >= 0.3 is 5.97 Å². The molecule has 0 aliphatic heterocycles. The molecule has 0 aliphatic rings. The first-order valence-corrected chi connectivity index (χ1v) is 6.28. The van der Waals surface area contributed by atoms with Crippen molar-refractivity contribution in [2.75, 3.05) is 7.05 Å². The molecule has 0 bridgehead atoms. The quantitative estimate of drug-likeness (QED) is 0.866. The topological polar surface area (TPSA) is 66.8 Å². The van der Waals surface area contributed by atoms with Gasteiger partial charge in [0, 0.05) is 13.1 Å². The Morgan fingerprint density at radius 1 is 1.45 bits per heavy atom. The third-order valence-corrected chi connectivity index (χ3v) is 2.94. The molecule has 6 heteroatoms. The molecule has 0 heterocycles. The second kappa shape index (κ2) is 6.88. The van der Waals surface area contributed by atoms with Crippen LogP contribution in [0.4, 0.5) is 4.39 Å². The van der Waals surface area contributed by atoms with Gasteiger partial charge in [-0.25, -0.2) is 9.18 Å². The minimum Gasteiger partial charge on any atom is -0.481 e. The molecule has 1 amide bonds. The summed E-state index contributed by atoms with van der Waals surface area (Å²) in [4.78, 5) is 24.2. The van der Waals surface area contributed by atoms with Crippen LogP contribution in [0.3, 0.4) is 0 Å². The second-order valence-electron chi connectivity index (χ2n) is 4.43. The van der Waals surface area contributed by atoms with Crippen LogP contribution in [-0.2, 0) is 9.59 Å². The van der Waals surface area contributed by atoms with Crippen molar-refractivity contribution in [1.82, 2.24) is 4.90 Å². The molecule has 0 radical (unpaired) electrons. The zero-order chi connectivity index (χ0) is 15.3. The number of carboxylic acid groups (broad SMARTS) is 1. The van der Waals surface area contributed by atoms with Crippen molar-refractivity contribution in [3.8, 4) is 5.75 Å². The Morgan fingerprint density at radius 3 is 2.60 bits per heavy atom. The van der Waals surface area contributed by atoms with Gasteiger partial charge in [-0.15, -0.1) is 0 Å². The third-order valence-electron chi connectivity index (χ3n) is 2.94. The number of likely N-dealkylation sites (N-methyl/N-ethyl adjacent to an activating group) is 1. The molecule has 2 unspecified atom stereocenters. The zero-order valence-corrected chi connectivity index (χ0v) is 11.7. The summed E-state index contributed by atoms with van der Waals surface area (Å²) in [5, 5.41) is 9.02. The Kier molecular flexibility index (Phi) is 5.49. The van der Waals surface area contributed by atoms with Gasteiger partial charge in [0.2, 0.25) is 0 Å². The van der Waals surface area contributed by atoms with Crippen LogP contribution in [0.5, 0.6) is 5.75 Å². The summed E-state index contributed by atoms with van der Waals surface area (Å²) in [7, 11) is 1.41. The van der Waals surface area contributed by atoms with Gasteiger partial charge in [-0.2, -0.15) is 0 Å². The van der Waals surface area contributed by atoms with Crippen LogP contribution in [0.2, 0.25) is 0 Å². The molecular weight excluding hydrogens is 265 g/mol. The van der Waals surface area contributed by atoms with Crippen molar-refractivity contribution in [1.29, 1.82) is 0 Å². The molecule has 110 valence electrons. The van der Waals surface area contributed by atoms with E-state index in [0.29, 0.717) is 6.42 Å². The van der Waals surface area contributed by atoms with Crippen molar-refractivity contribution in [3.05, 3.63) is 30.1 Å². The van der Waals surface area contributed by atoms with E-state index in [0.717, 1.165) is 11.0 Å². The zero-order valence-electron chi connectivity index (χ0n) is 11.7. The number of carbonyl (C=O) groups excluding carboxylic acids is 1. The SMILES string of the molecule is CCC(C(=O)O)N(C)C(=O)C(C)Oc1cccc(F)c1. The van der Waals surface area contributed by atoms with E-state index in [1.165, 1.54) is 32.2 Å². The minimum atomic E-state index is -1.07. The van der Waals surface area contributed by atoms with E-state index in [9.17, 15) is 14.0 Å². The maximum absolute atomic E-state index is 13.0. The number of halogens is 1. The number of hydrogen-bond donors (Lipinski definition) is 1. The number of nitrogens with zero attached hydrogens (tertiary/aromatic N) is 1. The number of carbonyl (C=O) groups is 2. The average Bonchev–Trinajstić information content (AvgIpc) is 2.38. The molecule has 20 heavy (non-hydrogen) atoms. The molecule has 1 N–H and O–H groups in total. The van der Waals surface area contributed by atoms with Crippen molar-refractivity contribution in [3.63, 3.8) is 0 Å². The fourth-order valence-corrected chi connectivity index (χ4v) is 1.85. The maximum atomic E-state index is 13.0. The Labute approximate surface area is 117 Å². The van der Waals surface area contributed by atoms with Crippen LogP contribution in [0.15, 0.2) is 24.3 Å². The van der Waals surface area contributed by atoms with E-state index in [-0.39, 0.29) is 5.75 Å². The monoisotopic (exact) mass is 283 g/mol. The van der Waals surface area contributed by atoms with Crippen LogP contribution in [0.25, 0.3) is 0 Å². The van der Waals surface area contributed by atoms with Gasteiger partial charge < -0.3 is 14.7 Å². The normalized spacial score (nSPS) is 13.4. The van der Waals surface area contributed by atoms with Crippen molar-refractivity contribution in [2.24, 2.45) is 0 Å². The summed E-state index contributed by atoms with van der Waals surface area (Å²) >= 11 is 0. The van der Waals surface area contributed by atoms with E-state index in [1.54, 1.807) is 6.92 Å². The van der Waals surface area contributed by atoms with Gasteiger partial charge in [0.1, 0.15) is 17.6 Å². The molecule has 0 spiro atoms. The van der Waals surface area contributed by atoms with E-state index in [1.807, 2.05) is 0 Å². The lowest BCUT2D eigenvalue weighted by molar-refractivity contribution is -0.151. The van der Waals surface area contributed by atoms with E-state index < -0.39 is 29.8 Å². The smallest absolute Gasteiger partial charge is 0.326 e. The molecule has 1 rings (SSSR count). The number of hydrogen-bond acceptors (Lipinski definition) is 3. The highest BCUT2D eigenvalue weighted by molar-refractivity contribution is 5.86. The van der Waals surface area contributed by atoms with Gasteiger partial charge in [0.15, 0.2) is 6.10 Å². The van der Waals surface area contributed by atoms with Crippen molar-refractivity contribution < 1.29 is 23.8 Å². The molecule has 0 saturated carbocycles. The van der Waals surface area contributed by atoms with Gasteiger partial charge in [-0.3, -0.25) is 4.79 Å². The molecule has 2 atom stereocenters. The number of benzene rings is 1. The van der Waals surface area contributed by atoms with E-state index in [4.69, 9.17) is 9.84 Å². The minimum absolute atomic E-state index is 0.225. The van der Waals surface area contributed by atoms with Gasteiger partial charge in [-0.1, -0.05) is 13.0 Å². The summed E-state index contributed by atoms with van der Waals surface area (Å²) in [6, 6.07) is 4.53. The summed E-state index contributed by atoms with van der Waals surface area (Å²) in [6.07, 6.45) is -0.597. The Morgan fingerprint density at radius 2 is 2.10 bits per heavy atom. The predicted octanol–water partition coefficient (Wildman–Crippen LogP) is 1.91. The lowest BCUT2D eigenvalue weighted by Gasteiger charge is -2.26. The van der Waals surface area contributed by atoms with Crippen LogP contribution in [-0.4, -0.2) is 41.1 Å². The number of aliphatic carboxylic acids is 1. The lowest BCUT2D eigenvalue weighted by atomic mass is 10.2. The predicted molar refractivity (Wildman–Crippen MR) is 71.0 cm³/mol. The number of carboxylic acids is 1. The van der Waals surface area contributed by atoms with Crippen molar-refractivity contribution in [2.45, 2.75) is 32.4 Å².